The number of carbonyl (C=O) groups excluding carboxylic acids is 1. The standard InChI is InChI=1S/C22H30FN5O2S/c1-16-5-6-17(14-18(16)23)21(29)25-7-8-26-22(24-2)27-15-19(20-4-3-13-31-20)28-9-11-30-12-10-28/h3-6,13-14,19H,7-12,15H2,1-2H3,(H,25,29)(H2,24,26,27). The molecule has 1 fully saturated rings. The molecule has 1 aliphatic rings. The monoisotopic (exact) mass is 447 g/mol. The molecule has 0 spiro atoms. The quantitative estimate of drug-likeness (QED) is 0.328. The summed E-state index contributed by atoms with van der Waals surface area (Å²) in [6.07, 6.45) is 0. The van der Waals surface area contributed by atoms with E-state index < -0.39 is 0 Å². The Morgan fingerprint density at radius 2 is 2.00 bits per heavy atom. The molecule has 0 aliphatic carbocycles. The molecule has 1 amide bonds. The molecule has 1 aromatic heterocycles. The van der Waals surface area contributed by atoms with Crippen molar-refractivity contribution in [2.24, 2.45) is 4.99 Å². The SMILES string of the molecule is CN=C(NCCNC(=O)c1ccc(C)c(F)c1)NCC(c1cccs1)N1CCOCC1. The number of benzene rings is 1. The van der Waals surface area contributed by atoms with Crippen molar-refractivity contribution in [3.63, 3.8) is 0 Å². The van der Waals surface area contributed by atoms with Crippen LogP contribution in [0, 0.1) is 12.7 Å². The van der Waals surface area contributed by atoms with Gasteiger partial charge in [0.05, 0.1) is 19.3 Å². The van der Waals surface area contributed by atoms with Crippen molar-refractivity contribution in [2.45, 2.75) is 13.0 Å². The molecule has 2 aromatic rings. The lowest BCUT2D eigenvalue weighted by Crippen LogP contribution is -2.47. The fraction of sp³-hybridized carbons (Fsp3) is 0.455. The van der Waals surface area contributed by atoms with E-state index >= 15 is 0 Å². The predicted molar refractivity (Wildman–Crippen MR) is 122 cm³/mol. The fourth-order valence-electron chi connectivity index (χ4n) is 3.39. The number of amides is 1. The Morgan fingerprint density at radius 3 is 2.68 bits per heavy atom. The summed E-state index contributed by atoms with van der Waals surface area (Å²) in [6.45, 7) is 6.59. The number of ether oxygens (including phenoxy) is 1. The second-order valence-electron chi connectivity index (χ2n) is 7.28. The van der Waals surface area contributed by atoms with Crippen molar-refractivity contribution in [2.75, 3.05) is 53.0 Å². The summed E-state index contributed by atoms with van der Waals surface area (Å²) in [6, 6.07) is 8.97. The smallest absolute Gasteiger partial charge is 0.251 e. The molecule has 31 heavy (non-hydrogen) atoms. The molecule has 1 saturated heterocycles. The molecule has 1 aliphatic heterocycles. The molecule has 9 heteroatoms. The van der Waals surface area contributed by atoms with Crippen LogP contribution in [-0.4, -0.2) is 69.8 Å². The summed E-state index contributed by atoms with van der Waals surface area (Å²) < 4.78 is 19.1. The normalized spacial score (nSPS) is 16.0. The van der Waals surface area contributed by atoms with Crippen LogP contribution >= 0.6 is 11.3 Å². The van der Waals surface area contributed by atoms with Gasteiger partial charge < -0.3 is 20.7 Å². The average Bonchev–Trinajstić information content (AvgIpc) is 3.32. The summed E-state index contributed by atoms with van der Waals surface area (Å²) in [7, 11) is 1.72. The Bertz CT molecular complexity index is 869. The van der Waals surface area contributed by atoms with Crippen LogP contribution in [0.2, 0.25) is 0 Å². The molecule has 1 unspecified atom stereocenters. The number of carbonyl (C=O) groups is 1. The first-order valence-electron chi connectivity index (χ1n) is 10.4. The van der Waals surface area contributed by atoms with Crippen molar-refractivity contribution in [1.29, 1.82) is 0 Å². The average molecular weight is 448 g/mol. The van der Waals surface area contributed by atoms with Crippen LogP contribution in [0.15, 0.2) is 40.7 Å². The van der Waals surface area contributed by atoms with Gasteiger partial charge in [0.25, 0.3) is 5.91 Å². The van der Waals surface area contributed by atoms with E-state index in [0.29, 0.717) is 30.2 Å². The number of morpholine rings is 1. The minimum absolute atomic E-state index is 0.249. The minimum atomic E-state index is -0.379. The van der Waals surface area contributed by atoms with Crippen molar-refractivity contribution in [3.05, 3.63) is 57.5 Å². The van der Waals surface area contributed by atoms with Crippen molar-refractivity contribution >= 4 is 23.2 Å². The number of aryl methyl sites for hydroxylation is 1. The summed E-state index contributed by atoms with van der Waals surface area (Å²) in [4.78, 5) is 20.2. The Kier molecular flexibility index (Phi) is 8.81. The molecule has 1 aromatic carbocycles. The maximum Gasteiger partial charge on any atom is 0.251 e. The third-order valence-electron chi connectivity index (χ3n) is 5.18. The van der Waals surface area contributed by atoms with E-state index in [1.165, 1.54) is 10.9 Å². The highest BCUT2D eigenvalue weighted by Crippen LogP contribution is 2.25. The number of halogens is 1. The molecule has 0 saturated carbocycles. The Morgan fingerprint density at radius 1 is 1.23 bits per heavy atom. The zero-order valence-corrected chi connectivity index (χ0v) is 18.8. The summed E-state index contributed by atoms with van der Waals surface area (Å²) in [5.41, 5.74) is 0.834. The summed E-state index contributed by atoms with van der Waals surface area (Å²) >= 11 is 1.75. The number of hydrogen-bond acceptors (Lipinski definition) is 5. The minimum Gasteiger partial charge on any atom is -0.379 e. The number of nitrogens with one attached hydrogen (secondary N) is 3. The van der Waals surface area contributed by atoms with Gasteiger partial charge in [0.2, 0.25) is 0 Å². The van der Waals surface area contributed by atoms with E-state index in [9.17, 15) is 9.18 Å². The molecular formula is C22H30FN5O2S. The van der Waals surface area contributed by atoms with Gasteiger partial charge in [0, 0.05) is 50.2 Å². The van der Waals surface area contributed by atoms with Gasteiger partial charge in [-0.3, -0.25) is 14.7 Å². The van der Waals surface area contributed by atoms with E-state index in [2.05, 4.69) is 43.4 Å². The van der Waals surface area contributed by atoms with Crippen molar-refractivity contribution < 1.29 is 13.9 Å². The molecule has 7 nitrogen and oxygen atoms in total. The Balaban J connectivity index is 1.45. The van der Waals surface area contributed by atoms with Crippen LogP contribution in [0.25, 0.3) is 0 Å². The maximum absolute atomic E-state index is 13.6. The van der Waals surface area contributed by atoms with Crippen LogP contribution in [0.3, 0.4) is 0 Å². The lowest BCUT2D eigenvalue weighted by atomic mass is 10.1. The number of aliphatic imine (C=N–C) groups is 1. The topological polar surface area (TPSA) is 78.0 Å². The lowest BCUT2D eigenvalue weighted by molar-refractivity contribution is 0.0177. The number of thiophene rings is 1. The molecule has 1 atom stereocenters. The van der Waals surface area contributed by atoms with Gasteiger partial charge in [0.15, 0.2) is 5.96 Å². The molecule has 0 bridgehead atoms. The largest absolute Gasteiger partial charge is 0.379 e. The molecule has 168 valence electrons. The number of nitrogens with zero attached hydrogens (tertiary/aromatic N) is 2. The first-order valence-corrected chi connectivity index (χ1v) is 11.3. The van der Waals surface area contributed by atoms with Crippen molar-refractivity contribution in [3.8, 4) is 0 Å². The van der Waals surface area contributed by atoms with E-state index in [1.807, 2.05) is 0 Å². The van der Waals surface area contributed by atoms with Crippen LogP contribution in [0.4, 0.5) is 4.39 Å². The number of rotatable bonds is 8. The summed E-state index contributed by atoms with van der Waals surface area (Å²) in [5.74, 6) is -0.00453. The van der Waals surface area contributed by atoms with Gasteiger partial charge >= 0.3 is 0 Å². The Hall–Kier alpha value is -2.49. The molecule has 3 N–H and O–H groups in total. The highest BCUT2D eigenvalue weighted by molar-refractivity contribution is 7.10. The first kappa shape index (κ1) is 23.2. The second kappa shape index (κ2) is 11.8. The highest BCUT2D eigenvalue weighted by atomic mass is 32.1. The van der Waals surface area contributed by atoms with Crippen LogP contribution in [0.1, 0.15) is 26.8 Å². The molecular weight excluding hydrogens is 417 g/mol. The van der Waals surface area contributed by atoms with Crippen LogP contribution in [-0.2, 0) is 4.74 Å². The van der Waals surface area contributed by atoms with Gasteiger partial charge in [-0.05, 0) is 36.1 Å². The lowest BCUT2D eigenvalue weighted by Gasteiger charge is -2.34. The van der Waals surface area contributed by atoms with Gasteiger partial charge in [-0.25, -0.2) is 4.39 Å². The van der Waals surface area contributed by atoms with Gasteiger partial charge in [0.1, 0.15) is 5.82 Å². The van der Waals surface area contributed by atoms with Crippen LogP contribution in [0.5, 0.6) is 0 Å². The van der Waals surface area contributed by atoms with E-state index in [0.717, 1.165) is 32.8 Å². The van der Waals surface area contributed by atoms with E-state index in [4.69, 9.17) is 4.74 Å². The third-order valence-corrected chi connectivity index (χ3v) is 6.16. The summed E-state index contributed by atoms with van der Waals surface area (Å²) in [5, 5.41) is 11.5. The zero-order valence-electron chi connectivity index (χ0n) is 18.0. The molecule has 3 rings (SSSR count). The van der Waals surface area contributed by atoms with Gasteiger partial charge in [-0.2, -0.15) is 0 Å². The highest BCUT2D eigenvalue weighted by Gasteiger charge is 2.23. The van der Waals surface area contributed by atoms with Crippen molar-refractivity contribution in [1.82, 2.24) is 20.9 Å². The van der Waals surface area contributed by atoms with Gasteiger partial charge in [-0.1, -0.05) is 12.1 Å². The number of hydrogen-bond donors (Lipinski definition) is 3. The van der Waals surface area contributed by atoms with Crippen LogP contribution < -0.4 is 16.0 Å². The maximum atomic E-state index is 13.6. The zero-order chi connectivity index (χ0) is 22.1. The predicted octanol–water partition coefficient (Wildman–Crippen LogP) is 2.16. The van der Waals surface area contributed by atoms with Gasteiger partial charge in [-0.15, -0.1) is 11.3 Å². The molecule has 0 radical (unpaired) electrons. The van der Waals surface area contributed by atoms with E-state index in [-0.39, 0.29) is 17.8 Å². The Labute approximate surface area is 186 Å². The number of guanidine groups is 1. The fourth-order valence-corrected chi connectivity index (χ4v) is 4.25. The molecule has 2 heterocycles. The second-order valence-corrected chi connectivity index (χ2v) is 8.26. The van der Waals surface area contributed by atoms with E-state index in [1.54, 1.807) is 37.4 Å². The third kappa shape index (κ3) is 6.75. The first-order chi connectivity index (χ1) is 15.1.